The number of ether oxygens (including phenoxy) is 1. The highest BCUT2D eigenvalue weighted by Gasteiger charge is 2.11. The number of rotatable bonds is 10. The zero-order valence-corrected chi connectivity index (χ0v) is 17.9. The molecule has 0 saturated carbocycles. The largest absolute Gasteiger partial charge is 0.494 e. The van der Waals surface area contributed by atoms with Gasteiger partial charge in [-0.05, 0) is 48.7 Å². The van der Waals surface area contributed by atoms with E-state index in [1.807, 2.05) is 0 Å². The van der Waals surface area contributed by atoms with Gasteiger partial charge in [-0.3, -0.25) is 35.3 Å². The normalized spacial score (nSPS) is 10.3. The van der Waals surface area contributed by atoms with Crippen LogP contribution in [0.2, 0.25) is 0 Å². The molecule has 2 rings (SSSR count). The SMILES string of the molecule is CC(C)CCOc1ccc(C(=O)NNC(=O)CCNC(=O)c2ccc([N+](=O)[O-])cc2)cc1. The van der Waals surface area contributed by atoms with Crippen LogP contribution >= 0.6 is 0 Å². The predicted octanol–water partition coefficient (Wildman–Crippen LogP) is 2.60. The van der Waals surface area contributed by atoms with Gasteiger partial charge in [0.25, 0.3) is 17.5 Å². The molecule has 0 unspecified atom stereocenters. The maximum atomic E-state index is 12.1. The van der Waals surface area contributed by atoms with Gasteiger partial charge >= 0.3 is 0 Å². The van der Waals surface area contributed by atoms with Gasteiger partial charge in [0.1, 0.15) is 5.75 Å². The van der Waals surface area contributed by atoms with E-state index < -0.39 is 22.6 Å². The number of benzene rings is 2. The third kappa shape index (κ3) is 8.05. The number of hydrazine groups is 1. The number of nitro benzene ring substituents is 1. The van der Waals surface area contributed by atoms with Gasteiger partial charge in [-0.15, -0.1) is 0 Å². The van der Waals surface area contributed by atoms with Gasteiger partial charge in [0.2, 0.25) is 5.91 Å². The van der Waals surface area contributed by atoms with Crippen LogP contribution in [-0.2, 0) is 4.79 Å². The molecule has 0 aliphatic rings. The molecule has 10 nitrogen and oxygen atoms in total. The van der Waals surface area contributed by atoms with E-state index in [0.717, 1.165) is 6.42 Å². The van der Waals surface area contributed by atoms with Gasteiger partial charge < -0.3 is 10.1 Å². The summed E-state index contributed by atoms with van der Waals surface area (Å²) in [4.78, 5) is 46.1. The summed E-state index contributed by atoms with van der Waals surface area (Å²) >= 11 is 0. The quantitative estimate of drug-likeness (QED) is 0.382. The lowest BCUT2D eigenvalue weighted by molar-refractivity contribution is -0.384. The number of hydrogen-bond acceptors (Lipinski definition) is 6. The van der Waals surface area contributed by atoms with E-state index >= 15 is 0 Å². The Morgan fingerprint density at radius 1 is 0.938 bits per heavy atom. The maximum absolute atomic E-state index is 12.1. The standard InChI is InChI=1S/C22H26N4O6/c1-15(2)12-14-32-19-9-5-17(6-10-19)22(29)25-24-20(27)11-13-23-21(28)16-3-7-18(8-4-16)26(30)31/h3-10,15H,11-14H2,1-2H3,(H,23,28)(H,24,27)(H,25,29). The van der Waals surface area contributed by atoms with E-state index in [-0.39, 0.29) is 24.2 Å². The van der Waals surface area contributed by atoms with Crippen LogP contribution in [0.15, 0.2) is 48.5 Å². The molecule has 2 aromatic rings. The third-order valence-electron chi connectivity index (χ3n) is 4.37. The minimum atomic E-state index is -0.559. The minimum Gasteiger partial charge on any atom is -0.494 e. The maximum Gasteiger partial charge on any atom is 0.269 e. The first kappa shape index (κ1) is 24.3. The van der Waals surface area contributed by atoms with Crippen molar-refractivity contribution in [1.29, 1.82) is 0 Å². The van der Waals surface area contributed by atoms with Gasteiger partial charge in [0, 0.05) is 36.2 Å². The monoisotopic (exact) mass is 442 g/mol. The van der Waals surface area contributed by atoms with E-state index in [2.05, 4.69) is 30.0 Å². The van der Waals surface area contributed by atoms with Gasteiger partial charge in [-0.1, -0.05) is 13.8 Å². The molecule has 0 aliphatic carbocycles. The van der Waals surface area contributed by atoms with Crippen molar-refractivity contribution in [2.75, 3.05) is 13.2 Å². The number of nitro groups is 1. The lowest BCUT2D eigenvalue weighted by Crippen LogP contribution is -2.42. The Kier molecular flexibility index (Phi) is 9.15. The van der Waals surface area contributed by atoms with Crippen LogP contribution in [0, 0.1) is 16.0 Å². The Morgan fingerprint density at radius 2 is 1.53 bits per heavy atom. The van der Waals surface area contributed by atoms with E-state index in [9.17, 15) is 24.5 Å². The molecule has 0 aromatic heterocycles. The summed E-state index contributed by atoms with van der Waals surface area (Å²) in [6.45, 7) is 4.84. The second-order valence-corrected chi connectivity index (χ2v) is 7.37. The topological polar surface area (TPSA) is 140 Å². The summed E-state index contributed by atoms with van der Waals surface area (Å²) in [5.41, 5.74) is 5.06. The zero-order chi connectivity index (χ0) is 23.5. The molecule has 170 valence electrons. The highest BCUT2D eigenvalue weighted by molar-refractivity contribution is 5.96. The summed E-state index contributed by atoms with van der Waals surface area (Å²) in [6.07, 6.45) is 0.865. The van der Waals surface area contributed by atoms with E-state index in [1.165, 1.54) is 24.3 Å². The van der Waals surface area contributed by atoms with Crippen LogP contribution in [0.1, 0.15) is 47.4 Å². The van der Waals surface area contributed by atoms with Gasteiger partial charge in [-0.2, -0.15) is 0 Å². The molecule has 10 heteroatoms. The highest BCUT2D eigenvalue weighted by Crippen LogP contribution is 2.13. The first-order chi connectivity index (χ1) is 15.3. The van der Waals surface area contributed by atoms with Crippen LogP contribution in [0.5, 0.6) is 5.75 Å². The Bertz CT molecular complexity index is 942. The van der Waals surface area contributed by atoms with Crippen LogP contribution in [0.25, 0.3) is 0 Å². The summed E-state index contributed by atoms with van der Waals surface area (Å²) in [5.74, 6) is -0.236. The molecular formula is C22H26N4O6. The fraction of sp³-hybridized carbons (Fsp3) is 0.318. The first-order valence-electron chi connectivity index (χ1n) is 10.1. The molecular weight excluding hydrogens is 416 g/mol. The summed E-state index contributed by atoms with van der Waals surface area (Å²) in [5, 5.41) is 13.2. The Labute approximate surface area is 185 Å². The van der Waals surface area contributed by atoms with Crippen molar-refractivity contribution in [3.05, 3.63) is 69.8 Å². The second kappa shape index (κ2) is 12.0. The molecule has 0 fully saturated rings. The Morgan fingerprint density at radius 3 is 2.12 bits per heavy atom. The molecule has 32 heavy (non-hydrogen) atoms. The second-order valence-electron chi connectivity index (χ2n) is 7.37. The van der Waals surface area contributed by atoms with E-state index in [4.69, 9.17) is 4.74 Å². The molecule has 3 N–H and O–H groups in total. The van der Waals surface area contributed by atoms with Crippen molar-refractivity contribution >= 4 is 23.4 Å². The van der Waals surface area contributed by atoms with Crippen LogP contribution < -0.4 is 20.9 Å². The molecule has 0 atom stereocenters. The molecule has 0 spiro atoms. The van der Waals surface area contributed by atoms with Crippen LogP contribution in [-0.4, -0.2) is 35.8 Å². The van der Waals surface area contributed by atoms with Crippen molar-refractivity contribution in [2.24, 2.45) is 5.92 Å². The van der Waals surface area contributed by atoms with Crippen molar-refractivity contribution in [3.63, 3.8) is 0 Å². The van der Waals surface area contributed by atoms with Gasteiger partial charge in [-0.25, -0.2) is 0 Å². The summed E-state index contributed by atoms with van der Waals surface area (Å²) in [6, 6.07) is 11.7. The van der Waals surface area contributed by atoms with Crippen molar-refractivity contribution in [2.45, 2.75) is 26.7 Å². The van der Waals surface area contributed by atoms with Crippen molar-refractivity contribution in [1.82, 2.24) is 16.2 Å². The number of non-ortho nitro benzene ring substituents is 1. The number of carbonyl (C=O) groups excluding carboxylic acids is 3. The van der Waals surface area contributed by atoms with Gasteiger partial charge in [0.15, 0.2) is 0 Å². The highest BCUT2D eigenvalue weighted by atomic mass is 16.6. The van der Waals surface area contributed by atoms with Gasteiger partial charge in [0.05, 0.1) is 11.5 Å². The fourth-order valence-corrected chi connectivity index (χ4v) is 2.50. The molecule has 0 radical (unpaired) electrons. The van der Waals surface area contributed by atoms with E-state index in [0.29, 0.717) is 23.8 Å². The first-order valence-corrected chi connectivity index (χ1v) is 10.1. The predicted molar refractivity (Wildman–Crippen MR) is 117 cm³/mol. The Balaban J connectivity index is 1.69. The zero-order valence-electron chi connectivity index (χ0n) is 17.9. The fourth-order valence-electron chi connectivity index (χ4n) is 2.50. The Hall–Kier alpha value is -3.95. The summed E-state index contributed by atoms with van der Waals surface area (Å²) < 4.78 is 5.60. The molecule has 0 bridgehead atoms. The number of amides is 3. The molecule has 2 aromatic carbocycles. The number of nitrogens with zero attached hydrogens (tertiary/aromatic N) is 1. The molecule has 0 heterocycles. The number of hydrogen-bond donors (Lipinski definition) is 3. The lowest BCUT2D eigenvalue weighted by Gasteiger charge is -2.10. The van der Waals surface area contributed by atoms with E-state index in [1.54, 1.807) is 24.3 Å². The molecule has 0 saturated heterocycles. The average Bonchev–Trinajstić information content (AvgIpc) is 2.77. The lowest BCUT2D eigenvalue weighted by atomic mass is 10.1. The molecule has 0 aliphatic heterocycles. The van der Waals surface area contributed by atoms with Crippen LogP contribution in [0.4, 0.5) is 5.69 Å². The van der Waals surface area contributed by atoms with Crippen LogP contribution in [0.3, 0.4) is 0 Å². The van der Waals surface area contributed by atoms with Crippen molar-refractivity contribution < 1.29 is 24.0 Å². The number of carbonyl (C=O) groups is 3. The smallest absolute Gasteiger partial charge is 0.269 e. The minimum absolute atomic E-state index is 0.0277. The summed E-state index contributed by atoms with van der Waals surface area (Å²) in [7, 11) is 0. The number of nitrogens with one attached hydrogen (secondary N) is 3. The van der Waals surface area contributed by atoms with Crippen molar-refractivity contribution in [3.8, 4) is 5.75 Å². The molecule has 3 amide bonds. The average molecular weight is 442 g/mol. The third-order valence-corrected chi connectivity index (χ3v) is 4.37.